The molecule has 0 unspecified atom stereocenters. The Labute approximate surface area is 285 Å². The van der Waals surface area contributed by atoms with Gasteiger partial charge in [0, 0.05) is 61.3 Å². The van der Waals surface area contributed by atoms with Crippen LogP contribution >= 0.6 is 0 Å². The standard InChI is InChI=1S/C39H25N4O3.Pt/c1-41-19-20-42(25-41)33-22-27(21-31-29-13-5-7-15-34(29)46-39(31)33)43(26-11-3-2-4-12-26)32-23-28(44-37-17-9-10-18-40-37)24-36-38(32)30-14-6-8-16-35(30)45-36;/h2-21,24-25H,1H3;/q-3;. The maximum Gasteiger partial charge on any atom is 0.216 e. The Morgan fingerprint density at radius 2 is 1.49 bits per heavy atom. The molecule has 0 spiro atoms. The summed E-state index contributed by atoms with van der Waals surface area (Å²) in [6.07, 6.45) is 5.70. The molecule has 0 aliphatic carbocycles. The summed E-state index contributed by atoms with van der Waals surface area (Å²) in [4.78, 5) is 10.6. The topological polar surface area (TPSA) is 58.1 Å². The average molecular weight is 793 g/mol. The Morgan fingerprint density at radius 3 is 2.26 bits per heavy atom. The van der Waals surface area contributed by atoms with Crippen LogP contribution in [0.5, 0.6) is 11.6 Å². The second-order valence-electron chi connectivity index (χ2n) is 11.1. The van der Waals surface area contributed by atoms with Crippen LogP contribution < -0.4 is 14.5 Å². The van der Waals surface area contributed by atoms with Crippen molar-refractivity contribution in [3.63, 3.8) is 0 Å². The van der Waals surface area contributed by atoms with E-state index in [0.29, 0.717) is 17.2 Å². The van der Waals surface area contributed by atoms with Gasteiger partial charge in [0.1, 0.15) is 11.2 Å². The number of hydrogen-bond donors (Lipinski definition) is 0. The van der Waals surface area contributed by atoms with Gasteiger partial charge in [0.05, 0.1) is 0 Å². The number of benzene rings is 5. The predicted molar refractivity (Wildman–Crippen MR) is 181 cm³/mol. The van der Waals surface area contributed by atoms with Crippen molar-refractivity contribution in [3.8, 4) is 11.6 Å². The van der Waals surface area contributed by atoms with E-state index in [0.717, 1.165) is 61.0 Å². The predicted octanol–water partition coefficient (Wildman–Crippen LogP) is 10.1. The molecular weight excluding hydrogens is 768 g/mol. The monoisotopic (exact) mass is 792 g/mol. The van der Waals surface area contributed by atoms with Gasteiger partial charge in [0.25, 0.3) is 0 Å². The minimum atomic E-state index is 0. The Balaban J connectivity index is 0.00000324. The fourth-order valence-corrected chi connectivity index (χ4v) is 6.07. The smallest absolute Gasteiger partial charge is 0.216 e. The molecule has 232 valence electrons. The van der Waals surface area contributed by atoms with Crippen molar-refractivity contribution in [2.75, 3.05) is 16.8 Å². The van der Waals surface area contributed by atoms with E-state index < -0.39 is 0 Å². The molecule has 1 aliphatic heterocycles. The zero-order valence-corrected chi connectivity index (χ0v) is 27.3. The number of anilines is 4. The fourth-order valence-electron chi connectivity index (χ4n) is 6.07. The Bertz CT molecular complexity index is 2420. The molecule has 47 heavy (non-hydrogen) atoms. The zero-order valence-electron chi connectivity index (χ0n) is 25.0. The number of rotatable bonds is 6. The van der Waals surface area contributed by atoms with Crippen LogP contribution in [0.1, 0.15) is 0 Å². The van der Waals surface area contributed by atoms with Gasteiger partial charge >= 0.3 is 0 Å². The van der Waals surface area contributed by atoms with Gasteiger partial charge in [-0.05, 0) is 55.2 Å². The third kappa shape index (κ3) is 5.00. The summed E-state index contributed by atoms with van der Waals surface area (Å²) in [5.41, 5.74) is 6.29. The van der Waals surface area contributed by atoms with Gasteiger partial charge in [-0.1, -0.05) is 94.6 Å². The molecule has 1 aliphatic rings. The van der Waals surface area contributed by atoms with E-state index in [2.05, 4.69) is 52.3 Å². The number of furan rings is 2. The molecule has 3 aromatic heterocycles. The van der Waals surface area contributed by atoms with Crippen LogP contribution in [0.4, 0.5) is 22.7 Å². The first kappa shape index (κ1) is 28.9. The van der Waals surface area contributed by atoms with Gasteiger partial charge in [-0.3, -0.25) is 0 Å². The molecule has 0 radical (unpaired) electrons. The molecule has 8 heteroatoms. The molecule has 4 heterocycles. The Hall–Kier alpha value is -5.52. The summed E-state index contributed by atoms with van der Waals surface area (Å²) >= 11 is 0. The molecule has 0 amide bonds. The summed E-state index contributed by atoms with van der Waals surface area (Å²) in [6, 6.07) is 43.3. The quantitative estimate of drug-likeness (QED) is 0.156. The summed E-state index contributed by atoms with van der Waals surface area (Å²) < 4.78 is 19.2. The first-order valence-electron chi connectivity index (χ1n) is 14.9. The number of nitrogens with zero attached hydrogens (tertiary/aromatic N) is 4. The van der Waals surface area contributed by atoms with Crippen LogP contribution in [0, 0.1) is 18.8 Å². The van der Waals surface area contributed by atoms with Crippen molar-refractivity contribution in [2.45, 2.75) is 0 Å². The first-order valence-corrected chi connectivity index (χ1v) is 14.9. The largest absolute Gasteiger partial charge is 0.514 e. The number of aromatic nitrogens is 1. The van der Waals surface area contributed by atoms with E-state index >= 15 is 0 Å². The van der Waals surface area contributed by atoms with Crippen molar-refractivity contribution in [3.05, 3.63) is 147 Å². The number of hydrogen-bond acceptors (Lipinski definition) is 7. The van der Waals surface area contributed by atoms with Crippen molar-refractivity contribution in [2.24, 2.45) is 0 Å². The Morgan fingerprint density at radius 1 is 0.745 bits per heavy atom. The van der Waals surface area contributed by atoms with Crippen LogP contribution in [0.15, 0.2) is 137 Å². The Kier molecular flexibility index (Phi) is 7.19. The van der Waals surface area contributed by atoms with Crippen molar-refractivity contribution < 1.29 is 34.6 Å². The van der Waals surface area contributed by atoms with Crippen LogP contribution in [-0.2, 0) is 21.1 Å². The van der Waals surface area contributed by atoms with Crippen LogP contribution in [0.3, 0.4) is 0 Å². The maximum atomic E-state index is 6.46. The van der Waals surface area contributed by atoms with Gasteiger partial charge in [-0.25, -0.2) is 4.98 Å². The fraction of sp³-hybridized carbons (Fsp3) is 0.0256. The third-order valence-corrected chi connectivity index (χ3v) is 8.10. The van der Waals surface area contributed by atoms with E-state index in [-0.39, 0.29) is 21.1 Å². The van der Waals surface area contributed by atoms with Crippen LogP contribution in [0.2, 0.25) is 0 Å². The van der Waals surface area contributed by atoms with Crippen molar-refractivity contribution in [1.82, 2.24) is 9.88 Å². The van der Waals surface area contributed by atoms with E-state index in [1.807, 2.05) is 115 Å². The second kappa shape index (κ2) is 11.7. The summed E-state index contributed by atoms with van der Waals surface area (Å²) in [7, 11) is 2.00. The summed E-state index contributed by atoms with van der Waals surface area (Å²) in [6.45, 7) is 2.00. The number of ether oxygens (including phenoxy) is 1. The molecule has 0 saturated heterocycles. The zero-order chi connectivity index (χ0) is 30.6. The molecule has 0 bridgehead atoms. The van der Waals surface area contributed by atoms with E-state index in [1.54, 1.807) is 6.20 Å². The summed E-state index contributed by atoms with van der Waals surface area (Å²) in [5.74, 6) is 0.945. The molecule has 7 nitrogen and oxygen atoms in total. The van der Waals surface area contributed by atoms with Crippen LogP contribution in [-0.4, -0.2) is 16.9 Å². The SMILES string of the molecule is CN1C=CN(c2[c-]c(N(c3ccccc3)c3[c-]c(Oc4ccccn4)cc4oc5ccccc5c34)cc3c2oc2ccccc23)[CH-]1.[Pt]. The molecule has 0 atom stereocenters. The molecule has 8 aromatic rings. The van der Waals surface area contributed by atoms with E-state index in [9.17, 15) is 0 Å². The second-order valence-corrected chi connectivity index (χ2v) is 11.1. The molecule has 9 rings (SSSR count). The van der Waals surface area contributed by atoms with Gasteiger partial charge in [0.15, 0.2) is 0 Å². The number of para-hydroxylation sites is 3. The van der Waals surface area contributed by atoms with E-state index in [4.69, 9.17) is 13.6 Å². The number of pyridine rings is 1. The molecular formula is C39H25N4O3Pt-3. The summed E-state index contributed by atoms with van der Waals surface area (Å²) in [5, 5.41) is 3.88. The van der Waals surface area contributed by atoms with Gasteiger partial charge < -0.3 is 28.3 Å². The van der Waals surface area contributed by atoms with E-state index in [1.165, 1.54) is 0 Å². The van der Waals surface area contributed by atoms with Crippen molar-refractivity contribution in [1.29, 1.82) is 0 Å². The van der Waals surface area contributed by atoms with Crippen LogP contribution in [0.25, 0.3) is 43.9 Å². The minimum absolute atomic E-state index is 0. The minimum Gasteiger partial charge on any atom is -0.514 e. The molecule has 0 N–H and O–H groups in total. The molecule has 5 aromatic carbocycles. The van der Waals surface area contributed by atoms with Gasteiger partial charge in [-0.15, -0.1) is 18.2 Å². The first-order chi connectivity index (χ1) is 22.7. The average Bonchev–Trinajstić information content (AvgIpc) is 3.80. The molecule has 0 saturated carbocycles. The van der Waals surface area contributed by atoms with Gasteiger partial charge in [0.2, 0.25) is 5.88 Å². The maximum absolute atomic E-state index is 6.46. The number of fused-ring (bicyclic) bond motifs is 6. The normalized spacial score (nSPS) is 12.8. The molecule has 0 fully saturated rings. The third-order valence-electron chi connectivity index (χ3n) is 8.10. The van der Waals surface area contributed by atoms with Crippen molar-refractivity contribution >= 4 is 66.6 Å². The van der Waals surface area contributed by atoms with Gasteiger partial charge in [-0.2, -0.15) is 6.67 Å².